The Morgan fingerprint density at radius 2 is 0.812 bits per heavy atom. The van der Waals surface area contributed by atoms with E-state index in [1.807, 2.05) is 103 Å². The van der Waals surface area contributed by atoms with Crippen LogP contribution in [0.15, 0.2) is 207 Å². The zero-order chi connectivity index (χ0) is 68.4. The summed E-state index contributed by atoms with van der Waals surface area (Å²) in [6.07, 6.45) is 5.96. The van der Waals surface area contributed by atoms with Crippen molar-refractivity contribution in [2.45, 2.75) is 26.7 Å². The zero-order valence-electron chi connectivity index (χ0n) is 53.2. The predicted molar refractivity (Wildman–Crippen MR) is 384 cm³/mol. The topological polar surface area (TPSA) is 238 Å². The highest BCUT2D eigenvalue weighted by molar-refractivity contribution is 14.1. The SMILES string of the molecule is COc1ccc(OS(=O)N(C)c2c(C(=O)NO)cnc3ccc(CCc4ccccc4)cc23)cc1.COc1ccc(OS(=O)N(C)c2c(C(C)=O)cnc3ccc(C#Cc4ccccc4)cc23)cc1.COc1ccc(OS(=O)N(C)c2c(C(C)=O)cnc3ccc(I)cc23)cc1. The number of carbonyl (C=O) groups is 3. The Kier molecular flexibility index (Phi) is 24.2. The van der Waals surface area contributed by atoms with Crippen LogP contribution in [-0.2, 0) is 46.6 Å². The molecular formula is C72H64IN7O13S3. The summed E-state index contributed by atoms with van der Waals surface area (Å²) < 4.78 is 76.5. The fourth-order valence-electron chi connectivity index (χ4n) is 9.68. The molecule has 2 N–H and O–H groups in total. The van der Waals surface area contributed by atoms with Gasteiger partial charge in [-0.05, 0) is 194 Å². The van der Waals surface area contributed by atoms with E-state index < -0.39 is 39.7 Å². The Bertz CT molecular complexity index is 4740. The summed E-state index contributed by atoms with van der Waals surface area (Å²) in [4.78, 5) is 50.1. The monoisotopic (exact) mass is 1460 g/mol. The summed E-state index contributed by atoms with van der Waals surface area (Å²) in [5.74, 6) is 8.33. The lowest BCUT2D eigenvalue weighted by atomic mass is 10.0. The van der Waals surface area contributed by atoms with Crippen molar-refractivity contribution in [3.63, 3.8) is 0 Å². The number of pyridine rings is 3. The molecule has 11 aromatic rings. The van der Waals surface area contributed by atoms with E-state index in [2.05, 4.69) is 61.5 Å². The van der Waals surface area contributed by atoms with Gasteiger partial charge in [0.2, 0.25) is 0 Å². The van der Waals surface area contributed by atoms with E-state index in [4.69, 9.17) is 26.8 Å². The molecule has 24 heteroatoms. The molecule has 0 radical (unpaired) electrons. The van der Waals surface area contributed by atoms with Gasteiger partial charge in [-0.2, -0.15) is 12.6 Å². The maximum absolute atomic E-state index is 13.1. The molecule has 96 heavy (non-hydrogen) atoms. The van der Waals surface area contributed by atoms with Crippen LogP contribution >= 0.6 is 22.6 Å². The number of anilines is 3. The summed E-state index contributed by atoms with van der Waals surface area (Å²) in [5.41, 5.74) is 9.62. The van der Waals surface area contributed by atoms with E-state index in [9.17, 15) is 32.2 Å². The molecule has 8 aromatic carbocycles. The van der Waals surface area contributed by atoms with Crippen LogP contribution in [0.4, 0.5) is 17.1 Å². The number of ether oxygens (including phenoxy) is 3. The molecule has 3 atom stereocenters. The van der Waals surface area contributed by atoms with Gasteiger partial charge >= 0.3 is 33.8 Å². The number of aryl methyl sites for hydroxylation is 2. The number of hydroxylamine groups is 1. The summed E-state index contributed by atoms with van der Waals surface area (Å²) in [6.45, 7) is 2.91. The van der Waals surface area contributed by atoms with E-state index in [-0.39, 0.29) is 17.1 Å². The number of fused-ring (bicyclic) bond motifs is 3. The van der Waals surface area contributed by atoms with Gasteiger partial charge in [-0.3, -0.25) is 47.5 Å². The van der Waals surface area contributed by atoms with Crippen LogP contribution in [-0.4, -0.2) is 92.7 Å². The van der Waals surface area contributed by atoms with Gasteiger partial charge in [-0.25, -0.2) is 5.48 Å². The van der Waals surface area contributed by atoms with E-state index in [0.29, 0.717) is 90.0 Å². The molecule has 0 aliphatic rings. The molecule has 0 bridgehead atoms. The van der Waals surface area contributed by atoms with Crippen LogP contribution in [0.3, 0.4) is 0 Å². The average molecular weight is 1460 g/mol. The van der Waals surface area contributed by atoms with Gasteiger partial charge in [0.25, 0.3) is 5.91 Å². The fraction of sp³-hybridized carbons (Fsp3) is 0.139. The highest BCUT2D eigenvalue weighted by atomic mass is 127. The van der Waals surface area contributed by atoms with Crippen molar-refractivity contribution in [2.75, 3.05) is 55.4 Å². The molecule has 20 nitrogen and oxygen atoms in total. The molecule has 0 aliphatic carbocycles. The van der Waals surface area contributed by atoms with E-state index in [1.54, 1.807) is 121 Å². The van der Waals surface area contributed by atoms with Crippen LogP contribution in [0.2, 0.25) is 0 Å². The van der Waals surface area contributed by atoms with Gasteiger partial charge in [0.15, 0.2) is 11.6 Å². The minimum absolute atomic E-state index is 0.0643. The quantitative estimate of drug-likeness (QED) is 0.0223. The zero-order valence-corrected chi connectivity index (χ0v) is 57.8. The average Bonchev–Trinajstić information content (AvgIpc) is 0.791. The number of nitrogens with one attached hydrogen (secondary N) is 1. The number of ketones is 2. The van der Waals surface area contributed by atoms with Gasteiger partial charge in [0.05, 0.1) is 71.6 Å². The summed E-state index contributed by atoms with van der Waals surface area (Å²) >= 11 is -3.58. The Morgan fingerprint density at radius 1 is 0.448 bits per heavy atom. The lowest BCUT2D eigenvalue weighted by Crippen LogP contribution is -2.29. The first-order chi connectivity index (χ1) is 46.4. The van der Waals surface area contributed by atoms with Gasteiger partial charge < -0.3 is 26.8 Å². The molecule has 490 valence electrons. The van der Waals surface area contributed by atoms with E-state index in [0.717, 1.165) is 38.5 Å². The van der Waals surface area contributed by atoms with Crippen molar-refractivity contribution in [3.05, 3.63) is 249 Å². The summed E-state index contributed by atoms with van der Waals surface area (Å²) in [7, 11) is 9.49. The normalized spacial score (nSPS) is 11.6. The molecule has 3 aromatic heterocycles. The minimum atomic E-state index is -2.00. The molecule has 1 amide bonds. The molecule has 3 heterocycles. The number of halogens is 1. The number of nitrogens with zero attached hydrogens (tertiary/aromatic N) is 6. The van der Waals surface area contributed by atoms with Crippen LogP contribution in [0, 0.1) is 15.4 Å². The smallest absolute Gasteiger partial charge is 0.318 e. The summed E-state index contributed by atoms with van der Waals surface area (Å²) in [5, 5.41) is 11.3. The number of aromatic nitrogens is 3. The van der Waals surface area contributed by atoms with Gasteiger partial charge in [0, 0.05) is 70.6 Å². The first kappa shape index (κ1) is 70.0. The largest absolute Gasteiger partial charge is 0.497 e. The molecule has 0 aliphatic heterocycles. The van der Waals surface area contributed by atoms with Crippen molar-refractivity contribution in [1.82, 2.24) is 20.4 Å². The van der Waals surface area contributed by atoms with Crippen molar-refractivity contribution in [3.8, 4) is 46.3 Å². The van der Waals surface area contributed by atoms with E-state index >= 15 is 0 Å². The van der Waals surface area contributed by atoms with Crippen molar-refractivity contribution in [2.24, 2.45) is 0 Å². The van der Waals surface area contributed by atoms with Gasteiger partial charge in [0.1, 0.15) is 34.5 Å². The van der Waals surface area contributed by atoms with E-state index in [1.165, 1.54) is 50.9 Å². The van der Waals surface area contributed by atoms with Crippen LogP contribution < -0.4 is 45.2 Å². The third-order valence-corrected chi connectivity index (χ3v) is 18.2. The second-order valence-corrected chi connectivity index (χ2v) is 25.6. The van der Waals surface area contributed by atoms with Crippen molar-refractivity contribution >= 4 is 124 Å². The Morgan fingerprint density at radius 3 is 1.25 bits per heavy atom. The molecule has 0 saturated heterocycles. The highest BCUT2D eigenvalue weighted by Crippen LogP contribution is 2.36. The number of hydrogen-bond acceptors (Lipinski definition) is 16. The third-order valence-electron chi connectivity index (χ3n) is 14.6. The Labute approximate surface area is 576 Å². The van der Waals surface area contributed by atoms with Crippen molar-refractivity contribution < 1.29 is 59.0 Å². The van der Waals surface area contributed by atoms with Crippen LogP contribution in [0.5, 0.6) is 34.5 Å². The van der Waals surface area contributed by atoms with Gasteiger partial charge in [-0.15, -0.1) is 0 Å². The first-order valence-electron chi connectivity index (χ1n) is 29.3. The molecule has 11 rings (SSSR count). The maximum Gasteiger partial charge on any atom is 0.318 e. The fourth-order valence-corrected chi connectivity index (χ4v) is 12.4. The van der Waals surface area contributed by atoms with Gasteiger partial charge in [-0.1, -0.05) is 66.4 Å². The Hall–Kier alpha value is -10.3. The minimum Gasteiger partial charge on any atom is -0.497 e. The molecule has 3 unspecified atom stereocenters. The molecule has 0 spiro atoms. The highest BCUT2D eigenvalue weighted by Gasteiger charge is 2.26. The third kappa shape index (κ3) is 17.7. The number of Topliss-reactive ketones (excluding diaryl/α,β-unsaturated/α-hetero) is 2. The van der Waals surface area contributed by atoms with Crippen molar-refractivity contribution in [1.29, 1.82) is 0 Å². The number of carbonyl (C=O) groups excluding carboxylic acids is 3. The number of benzene rings is 8. The first-order valence-corrected chi connectivity index (χ1v) is 33.5. The molecule has 0 saturated carbocycles. The number of hydrogen-bond donors (Lipinski definition) is 2. The second kappa shape index (κ2) is 33.2. The van der Waals surface area contributed by atoms with Crippen LogP contribution in [0.25, 0.3) is 32.7 Å². The summed E-state index contributed by atoms with van der Waals surface area (Å²) in [6, 6.07) is 57.0. The lowest BCUT2D eigenvalue weighted by molar-refractivity contribution is 0.0706. The standard InChI is InChI=1S/C27H22N2O4S.C26H25N3O5S.C19H17IN2O4S/c1-19(30)25-18-28-26-16-11-21(10-9-20-7-5-4-6-8-20)17-24(26)27(25)29(2)34(31)33-23-14-12-22(32-3)13-15-23;1-29(35(32)34-21-13-11-20(33-2)12-14-21)25-22-16-19(9-8-18-6-4-3-5-7-18)10-15-24(22)27-17-23(25)26(30)28-31;1-12(23)17-11-21-18-9-4-13(20)10-16(18)19(17)22(2)27(24)26-15-7-5-14(25-3)6-8-15/h4-8,11-18H,1-3H3;3-7,10-17,31H,8-9H2,1-2H3,(H,28,30);4-11H,1-3H3. The molecule has 0 fully saturated rings. The number of amides is 1. The predicted octanol–water partition coefficient (Wildman–Crippen LogP) is 13.3. The van der Waals surface area contributed by atoms with Crippen LogP contribution in [0.1, 0.15) is 67.2 Å². The molecular weight excluding hydrogens is 1390 g/mol. The Balaban J connectivity index is 0.000000171. The second-order valence-electron chi connectivity index (χ2n) is 20.9. The maximum atomic E-state index is 13.1. The number of rotatable bonds is 21. The lowest BCUT2D eigenvalue weighted by Gasteiger charge is -2.22. The number of methoxy groups -OCH3 is 3.